The van der Waals surface area contributed by atoms with Crippen LogP contribution in [0.4, 0.5) is 5.69 Å². The van der Waals surface area contributed by atoms with E-state index in [2.05, 4.69) is 44.3 Å². The number of ketones is 1. The first kappa shape index (κ1) is 24.8. The lowest BCUT2D eigenvalue weighted by Gasteiger charge is -2.33. The Bertz CT molecular complexity index is 1070. The van der Waals surface area contributed by atoms with Crippen LogP contribution in [0.2, 0.25) is 0 Å². The lowest BCUT2D eigenvalue weighted by atomic mass is 9.91. The maximum atomic E-state index is 13.0. The number of Topliss-reactive ketones (excluding diaryl/α,β-unsaturated/α-hetero) is 1. The molecule has 174 valence electrons. The van der Waals surface area contributed by atoms with E-state index in [1.807, 2.05) is 24.0 Å². The summed E-state index contributed by atoms with van der Waals surface area (Å²) >= 11 is 1.51. The van der Waals surface area contributed by atoms with Crippen LogP contribution in [-0.4, -0.2) is 24.1 Å². The van der Waals surface area contributed by atoms with E-state index in [0.717, 1.165) is 44.8 Å². The van der Waals surface area contributed by atoms with Crippen molar-refractivity contribution in [1.82, 2.24) is 0 Å². The molecule has 1 unspecified atom stereocenters. The fourth-order valence-corrected chi connectivity index (χ4v) is 5.10. The summed E-state index contributed by atoms with van der Waals surface area (Å²) in [6, 6.07) is 12.2. The van der Waals surface area contributed by atoms with E-state index in [9.17, 15) is 9.59 Å². The molecule has 2 aromatic carbocycles. The SMILES string of the molecule is C=C(C)SC(Cc1ccc(OC)c2c1CCC(=O)N2Cc1ccc(C(=C)CC)cc1)C(C)=O. The largest absolute Gasteiger partial charge is 0.495 e. The Morgan fingerprint density at radius 2 is 1.82 bits per heavy atom. The van der Waals surface area contributed by atoms with Crippen molar-refractivity contribution in [3.05, 3.63) is 76.7 Å². The number of hydrogen-bond acceptors (Lipinski definition) is 4. The molecule has 33 heavy (non-hydrogen) atoms. The van der Waals surface area contributed by atoms with E-state index in [0.29, 0.717) is 31.6 Å². The molecule has 1 amide bonds. The second-order valence-electron chi connectivity index (χ2n) is 8.51. The number of hydrogen-bond donors (Lipinski definition) is 0. The topological polar surface area (TPSA) is 46.6 Å². The molecule has 1 aliphatic heterocycles. The second-order valence-corrected chi connectivity index (χ2v) is 10.0. The summed E-state index contributed by atoms with van der Waals surface area (Å²) in [5.41, 5.74) is 6.29. The highest BCUT2D eigenvalue weighted by atomic mass is 32.2. The second kappa shape index (κ2) is 10.9. The maximum absolute atomic E-state index is 13.0. The van der Waals surface area contributed by atoms with E-state index >= 15 is 0 Å². The Kier molecular flexibility index (Phi) is 8.20. The van der Waals surface area contributed by atoms with E-state index in [1.165, 1.54) is 11.8 Å². The molecule has 0 N–H and O–H groups in total. The van der Waals surface area contributed by atoms with Gasteiger partial charge in [-0.15, -0.1) is 11.8 Å². The van der Waals surface area contributed by atoms with E-state index < -0.39 is 0 Å². The van der Waals surface area contributed by atoms with Crippen molar-refractivity contribution < 1.29 is 14.3 Å². The number of ether oxygens (including phenoxy) is 1. The molecule has 3 rings (SSSR count). The molecule has 0 fully saturated rings. The van der Waals surface area contributed by atoms with Crippen molar-refractivity contribution in [1.29, 1.82) is 0 Å². The molecule has 0 aliphatic carbocycles. The van der Waals surface area contributed by atoms with Crippen LogP contribution >= 0.6 is 11.8 Å². The van der Waals surface area contributed by atoms with E-state index in [4.69, 9.17) is 4.74 Å². The van der Waals surface area contributed by atoms with E-state index in [-0.39, 0.29) is 16.9 Å². The highest BCUT2D eigenvalue weighted by Gasteiger charge is 2.30. The van der Waals surface area contributed by atoms with Crippen molar-refractivity contribution in [3.63, 3.8) is 0 Å². The minimum Gasteiger partial charge on any atom is -0.495 e. The van der Waals surface area contributed by atoms with Gasteiger partial charge in [-0.2, -0.15) is 0 Å². The standard InChI is InChI=1S/C28H33NO3S/c1-7-19(4)22-10-8-21(9-11-22)17-29-27(31)15-13-24-23(12-14-25(32-6)28(24)29)16-26(20(5)30)33-18(2)3/h8-12,14,26H,2,4,7,13,15-17H2,1,3,5-6H3. The van der Waals surface area contributed by atoms with E-state index in [1.54, 1.807) is 14.0 Å². The summed E-state index contributed by atoms with van der Waals surface area (Å²) in [5, 5.41) is -0.190. The molecule has 5 heteroatoms. The van der Waals surface area contributed by atoms with Gasteiger partial charge in [-0.05, 0) is 71.9 Å². The van der Waals surface area contributed by atoms with Crippen LogP contribution in [0.1, 0.15) is 55.9 Å². The Morgan fingerprint density at radius 1 is 1.12 bits per heavy atom. The van der Waals surface area contributed by atoms with Gasteiger partial charge in [0.25, 0.3) is 0 Å². The zero-order valence-corrected chi connectivity index (χ0v) is 20.9. The highest BCUT2D eigenvalue weighted by molar-refractivity contribution is 8.04. The first-order valence-electron chi connectivity index (χ1n) is 11.3. The number of carbonyl (C=O) groups excluding carboxylic acids is 2. The van der Waals surface area contributed by atoms with Gasteiger partial charge in [-0.1, -0.05) is 50.4 Å². The third kappa shape index (κ3) is 5.77. The van der Waals surface area contributed by atoms with Crippen molar-refractivity contribution in [3.8, 4) is 5.75 Å². The average molecular weight is 464 g/mol. The number of thioether (sulfide) groups is 1. The number of nitrogens with zero attached hydrogens (tertiary/aromatic N) is 1. The number of amides is 1. The predicted octanol–water partition coefficient (Wildman–Crippen LogP) is 6.36. The summed E-state index contributed by atoms with van der Waals surface area (Å²) in [6.45, 7) is 14.2. The van der Waals surface area contributed by atoms with Crippen LogP contribution in [0.25, 0.3) is 5.57 Å². The van der Waals surface area contributed by atoms with Crippen LogP contribution in [0.3, 0.4) is 0 Å². The molecule has 0 saturated heterocycles. The highest BCUT2D eigenvalue weighted by Crippen LogP contribution is 2.41. The van der Waals surface area contributed by atoms with Crippen molar-refractivity contribution in [2.75, 3.05) is 12.0 Å². The summed E-state index contributed by atoms with van der Waals surface area (Å²) in [5.74, 6) is 0.897. The number of rotatable bonds is 10. The quantitative estimate of drug-likeness (QED) is 0.411. The molecule has 0 aromatic heterocycles. The molecule has 1 aliphatic rings. The van der Waals surface area contributed by atoms with Crippen LogP contribution in [-0.2, 0) is 29.0 Å². The smallest absolute Gasteiger partial charge is 0.227 e. The summed E-state index contributed by atoms with van der Waals surface area (Å²) in [4.78, 5) is 28.0. The fourth-order valence-electron chi connectivity index (χ4n) is 4.19. The Morgan fingerprint density at radius 3 is 2.39 bits per heavy atom. The number of benzene rings is 2. The third-order valence-corrected chi connectivity index (χ3v) is 7.24. The lowest BCUT2D eigenvalue weighted by Crippen LogP contribution is -2.35. The van der Waals surface area contributed by atoms with Gasteiger partial charge in [0.2, 0.25) is 5.91 Å². The fraction of sp³-hybridized carbons (Fsp3) is 0.357. The number of anilines is 1. The van der Waals surface area contributed by atoms with Gasteiger partial charge in [0.1, 0.15) is 11.5 Å². The zero-order valence-electron chi connectivity index (χ0n) is 20.1. The Balaban J connectivity index is 1.97. The predicted molar refractivity (Wildman–Crippen MR) is 139 cm³/mol. The normalized spacial score (nSPS) is 13.9. The summed E-state index contributed by atoms with van der Waals surface area (Å²) < 4.78 is 5.67. The third-order valence-electron chi connectivity index (χ3n) is 6.05. The lowest BCUT2D eigenvalue weighted by molar-refractivity contribution is -0.119. The molecule has 2 aromatic rings. The average Bonchev–Trinajstić information content (AvgIpc) is 2.80. The molecule has 1 heterocycles. The first-order chi connectivity index (χ1) is 15.7. The molecule has 1 atom stereocenters. The van der Waals surface area contributed by atoms with Gasteiger partial charge in [-0.25, -0.2) is 0 Å². The summed E-state index contributed by atoms with van der Waals surface area (Å²) in [6.07, 6.45) is 2.60. The zero-order chi connectivity index (χ0) is 24.1. The van der Waals surface area contributed by atoms with Gasteiger partial charge >= 0.3 is 0 Å². The van der Waals surface area contributed by atoms with Crippen LogP contribution in [0, 0.1) is 0 Å². The van der Waals surface area contributed by atoms with Crippen LogP contribution in [0.15, 0.2) is 54.5 Å². The van der Waals surface area contributed by atoms with Crippen molar-refractivity contribution in [2.45, 2.75) is 58.2 Å². The van der Waals surface area contributed by atoms with Crippen LogP contribution < -0.4 is 9.64 Å². The van der Waals surface area contributed by atoms with Crippen molar-refractivity contribution in [2.24, 2.45) is 0 Å². The van der Waals surface area contributed by atoms with Crippen molar-refractivity contribution >= 4 is 34.7 Å². The molecule has 0 radical (unpaired) electrons. The minimum atomic E-state index is -0.190. The molecule has 0 spiro atoms. The molecule has 0 saturated carbocycles. The Labute approximate surface area is 201 Å². The van der Waals surface area contributed by atoms with Gasteiger partial charge in [-0.3, -0.25) is 9.59 Å². The molecular weight excluding hydrogens is 430 g/mol. The van der Waals surface area contributed by atoms with Gasteiger partial charge in [0.05, 0.1) is 24.6 Å². The maximum Gasteiger partial charge on any atom is 0.227 e. The van der Waals surface area contributed by atoms with Crippen LogP contribution in [0.5, 0.6) is 5.75 Å². The van der Waals surface area contributed by atoms with Gasteiger partial charge in [0.15, 0.2) is 0 Å². The van der Waals surface area contributed by atoms with Gasteiger partial charge < -0.3 is 9.64 Å². The molecular formula is C28H33NO3S. The minimum absolute atomic E-state index is 0.0828. The Hall–Kier alpha value is -2.79. The number of fused-ring (bicyclic) bond motifs is 1. The number of allylic oxidation sites excluding steroid dienone is 2. The molecule has 0 bridgehead atoms. The first-order valence-corrected chi connectivity index (χ1v) is 12.2. The number of methoxy groups -OCH3 is 1. The summed E-state index contributed by atoms with van der Waals surface area (Å²) in [7, 11) is 1.63. The number of carbonyl (C=O) groups is 2. The monoisotopic (exact) mass is 463 g/mol. The molecule has 4 nitrogen and oxygen atoms in total. The van der Waals surface area contributed by atoms with Gasteiger partial charge in [0, 0.05) is 6.42 Å².